The molecule has 0 saturated heterocycles. The van der Waals surface area contributed by atoms with Crippen LogP contribution in [0.5, 0.6) is 0 Å². The second-order valence-corrected chi connectivity index (χ2v) is 12.7. The molecule has 1 aromatic carbocycles. The molecule has 3 aliphatic carbocycles. The fourth-order valence-corrected chi connectivity index (χ4v) is 8.21. The normalized spacial score (nSPS) is 41.0. The molecule has 0 heterocycles. The second-order valence-electron chi connectivity index (χ2n) is 11.7. The molecular formula is C29H40O5S. The fraction of sp³-hybridized carbons (Fsp3) is 0.655. The molecule has 0 radical (unpaired) electrons. The summed E-state index contributed by atoms with van der Waals surface area (Å²) < 4.78 is 6.28. The SMILES string of the molecule is C=C[C@]1(C)C[C@@H](OC(=O)CSc2ccc(CO)cc2)[C@]2(C)C(C)CC[C@]3(CCC(=O)C32)[C@@H](C)[C@@H]1O. The fourth-order valence-electron chi connectivity index (χ4n) is 7.53. The van der Waals surface area contributed by atoms with E-state index in [4.69, 9.17) is 4.74 Å². The van der Waals surface area contributed by atoms with E-state index in [1.165, 1.54) is 11.8 Å². The van der Waals surface area contributed by atoms with E-state index in [0.717, 1.165) is 29.7 Å². The van der Waals surface area contributed by atoms with Crippen molar-refractivity contribution in [3.63, 3.8) is 0 Å². The summed E-state index contributed by atoms with van der Waals surface area (Å²) >= 11 is 1.40. The Kier molecular flexibility index (Phi) is 7.31. The number of ketones is 1. The molecule has 35 heavy (non-hydrogen) atoms. The van der Waals surface area contributed by atoms with E-state index in [1.54, 1.807) is 0 Å². The van der Waals surface area contributed by atoms with Crippen molar-refractivity contribution in [2.75, 3.05) is 5.75 Å². The number of aliphatic hydroxyl groups excluding tert-OH is 2. The number of thioether (sulfide) groups is 1. The van der Waals surface area contributed by atoms with Gasteiger partial charge in [-0.1, -0.05) is 45.9 Å². The number of benzene rings is 1. The van der Waals surface area contributed by atoms with Crippen molar-refractivity contribution in [3.05, 3.63) is 42.5 Å². The van der Waals surface area contributed by atoms with E-state index in [0.29, 0.717) is 12.8 Å². The number of esters is 1. The van der Waals surface area contributed by atoms with Crippen molar-refractivity contribution >= 4 is 23.5 Å². The smallest absolute Gasteiger partial charge is 0.316 e. The average Bonchev–Trinajstić information content (AvgIpc) is 3.21. The number of carbonyl (C=O) groups excluding carboxylic acids is 2. The van der Waals surface area contributed by atoms with E-state index in [9.17, 15) is 19.8 Å². The molecular weight excluding hydrogens is 460 g/mol. The predicted octanol–water partition coefficient (Wildman–Crippen LogP) is 5.18. The molecule has 2 bridgehead atoms. The Hall–Kier alpha value is -1.63. The first-order valence-corrected chi connectivity index (χ1v) is 13.9. The number of hydrogen-bond acceptors (Lipinski definition) is 6. The Morgan fingerprint density at radius 1 is 1.23 bits per heavy atom. The minimum atomic E-state index is -0.660. The van der Waals surface area contributed by atoms with E-state index < -0.39 is 23.0 Å². The van der Waals surface area contributed by atoms with Crippen LogP contribution in [0.3, 0.4) is 0 Å². The highest BCUT2D eigenvalue weighted by Crippen LogP contribution is 2.68. The number of rotatable bonds is 6. The zero-order valence-electron chi connectivity index (χ0n) is 21.5. The van der Waals surface area contributed by atoms with Crippen LogP contribution in [-0.2, 0) is 20.9 Å². The third kappa shape index (κ3) is 4.30. The van der Waals surface area contributed by atoms with Gasteiger partial charge >= 0.3 is 5.97 Å². The first kappa shape index (κ1) is 26.4. The Balaban J connectivity index is 1.65. The highest BCUT2D eigenvalue weighted by molar-refractivity contribution is 8.00. The van der Waals surface area contributed by atoms with Crippen molar-refractivity contribution in [1.29, 1.82) is 0 Å². The lowest BCUT2D eigenvalue weighted by atomic mass is 9.44. The maximum absolute atomic E-state index is 13.4. The maximum Gasteiger partial charge on any atom is 0.316 e. The van der Waals surface area contributed by atoms with Gasteiger partial charge in [0.1, 0.15) is 11.9 Å². The molecule has 2 N–H and O–H groups in total. The number of carbonyl (C=O) groups is 2. The Labute approximate surface area is 213 Å². The molecule has 0 aliphatic heterocycles. The lowest BCUT2D eigenvalue weighted by molar-refractivity contribution is -0.205. The molecule has 1 aromatic rings. The van der Waals surface area contributed by atoms with Crippen LogP contribution in [0.25, 0.3) is 0 Å². The van der Waals surface area contributed by atoms with Crippen LogP contribution in [0, 0.1) is 34.0 Å². The third-order valence-electron chi connectivity index (χ3n) is 10.0. The van der Waals surface area contributed by atoms with Gasteiger partial charge in [0, 0.05) is 28.1 Å². The first-order valence-electron chi connectivity index (χ1n) is 12.9. The maximum atomic E-state index is 13.4. The molecule has 3 aliphatic rings. The number of Topliss-reactive ketones (excluding diaryl/α,β-unsaturated/α-hetero) is 1. The van der Waals surface area contributed by atoms with Crippen molar-refractivity contribution in [2.24, 2.45) is 34.0 Å². The quantitative estimate of drug-likeness (QED) is 0.318. The monoisotopic (exact) mass is 500 g/mol. The van der Waals surface area contributed by atoms with E-state index >= 15 is 0 Å². The van der Waals surface area contributed by atoms with Crippen LogP contribution < -0.4 is 0 Å². The summed E-state index contributed by atoms with van der Waals surface area (Å²) in [6, 6.07) is 7.47. The van der Waals surface area contributed by atoms with Crippen LogP contribution >= 0.6 is 11.8 Å². The number of aliphatic hydroxyl groups is 2. The van der Waals surface area contributed by atoms with Gasteiger partial charge < -0.3 is 14.9 Å². The topological polar surface area (TPSA) is 83.8 Å². The van der Waals surface area contributed by atoms with Gasteiger partial charge in [-0.3, -0.25) is 9.59 Å². The van der Waals surface area contributed by atoms with Crippen molar-refractivity contribution in [3.8, 4) is 0 Å². The largest absolute Gasteiger partial charge is 0.461 e. The highest BCUT2D eigenvalue weighted by Gasteiger charge is 2.68. The molecule has 8 atom stereocenters. The first-order chi connectivity index (χ1) is 16.5. The summed E-state index contributed by atoms with van der Waals surface area (Å²) in [5.74, 6) is 0.0794. The van der Waals surface area contributed by atoms with E-state index in [1.807, 2.05) is 37.3 Å². The number of hydrogen-bond donors (Lipinski definition) is 2. The van der Waals surface area contributed by atoms with Crippen LogP contribution in [0.1, 0.15) is 65.4 Å². The molecule has 3 saturated carbocycles. The molecule has 6 heteroatoms. The third-order valence-corrected chi connectivity index (χ3v) is 11.0. The lowest BCUT2D eigenvalue weighted by Gasteiger charge is -2.61. The minimum absolute atomic E-state index is 0.0145. The molecule has 3 fully saturated rings. The summed E-state index contributed by atoms with van der Waals surface area (Å²) in [5.41, 5.74) is -0.560. The molecule has 192 valence electrons. The van der Waals surface area contributed by atoms with Gasteiger partial charge in [0.25, 0.3) is 0 Å². The minimum Gasteiger partial charge on any atom is -0.461 e. The Bertz CT molecular complexity index is 976. The van der Waals surface area contributed by atoms with Gasteiger partial charge in [-0.15, -0.1) is 18.3 Å². The van der Waals surface area contributed by atoms with E-state index in [2.05, 4.69) is 27.4 Å². The van der Waals surface area contributed by atoms with Gasteiger partial charge in [0.2, 0.25) is 0 Å². The summed E-state index contributed by atoms with van der Waals surface area (Å²) in [4.78, 5) is 27.6. The predicted molar refractivity (Wildman–Crippen MR) is 138 cm³/mol. The van der Waals surface area contributed by atoms with Crippen LogP contribution in [0.15, 0.2) is 41.8 Å². The molecule has 0 spiro atoms. The Morgan fingerprint density at radius 2 is 1.91 bits per heavy atom. The van der Waals surface area contributed by atoms with Gasteiger partial charge in [0.05, 0.1) is 18.5 Å². The van der Waals surface area contributed by atoms with E-state index in [-0.39, 0.29) is 47.3 Å². The zero-order chi connectivity index (χ0) is 25.6. The summed E-state index contributed by atoms with van der Waals surface area (Å²) in [5, 5.41) is 20.8. The van der Waals surface area contributed by atoms with Gasteiger partial charge in [0.15, 0.2) is 0 Å². The highest BCUT2D eigenvalue weighted by atomic mass is 32.2. The van der Waals surface area contributed by atoms with Gasteiger partial charge in [-0.25, -0.2) is 0 Å². The molecule has 4 rings (SSSR count). The van der Waals surface area contributed by atoms with Crippen LogP contribution in [0.4, 0.5) is 0 Å². The van der Waals surface area contributed by atoms with Gasteiger partial charge in [-0.05, 0) is 60.6 Å². The number of ether oxygens (including phenoxy) is 1. The molecule has 0 amide bonds. The van der Waals surface area contributed by atoms with Gasteiger partial charge in [-0.2, -0.15) is 0 Å². The summed E-state index contributed by atoms with van der Waals surface area (Å²) in [6.45, 7) is 12.5. The standard InChI is InChI=1S/C29H40O5S/c1-6-27(4)15-23(34-24(32)17-35-21-9-7-20(16-30)8-10-21)28(5)18(2)11-13-29(19(3)26(27)33)14-12-22(31)25(28)29/h6-10,18-19,23,25-26,30,33H,1,11-17H2,2-5H3/t18?,19-,23+,25?,26-,27+,28-,29-/m0/s1. The molecule has 0 aromatic heterocycles. The molecule has 5 nitrogen and oxygen atoms in total. The van der Waals surface area contributed by atoms with Crippen molar-refractivity contribution in [2.45, 2.75) is 83.5 Å². The molecule has 2 unspecified atom stereocenters. The average molecular weight is 501 g/mol. The summed E-state index contributed by atoms with van der Waals surface area (Å²) in [6.07, 6.45) is 4.34. The van der Waals surface area contributed by atoms with Crippen LogP contribution in [-0.4, -0.2) is 39.9 Å². The van der Waals surface area contributed by atoms with Crippen molar-refractivity contribution < 1.29 is 24.5 Å². The zero-order valence-corrected chi connectivity index (χ0v) is 22.3. The van der Waals surface area contributed by atoms with Crippen molar-refractivity contribution in [1.82, 2.24) is 0 Å². The second kappa shape index (κ2) is 9.68. The van der Waals surface area contributed by atoms with Crippen LogP contribution in [0.2, 0.25) is 0 Å². The summed E-state index contributed by atoms with van der Waals surface area (Å²) in [7, 11) is 0. The Morgan fingerprint density at radius 3 is 2.54 bits per heavy atom. The lowest BCUT2D eigenvalue weighted by Crippen LogP contribution is -2.63.